The predicted octanol–water partition coefficient (Wildman–Crippen LogP) is 1.70. The topological polar surface area (TPSA) is 68.3 Å². The molecule has 0 saturated carbocycles. The third-order valence-corrected chi connectivity index (χ3v) is 2.92. The fraction of sp³-hybridized carbons (Fsp3) is 0.200. The van der Waals surface area contributed by atoms with Crippen molar-refractivity contribution in [3.05, 3.63) is 36.5 Å². The summed E-state index contributed by atoms with van der Waals surface area (Å²) in [6, 6.07) is 1.87. The number of aliphatic carboxylic acids is 1. The molecule has 0 spiro atoms. The smallest absolute Gasteiger partial charge is 0.313 e. The summed E-state index contributed by atoms with van der Waals surface area (Å²) in [5.74, 6) is -0.828. The molecule has 2 aromatic rings. The number of aromatic nitrogens is 2. The third-order valence-electron chi connectivity index (χ3n) is 1.94. The molecule has 16 heavy (non-hydrogen) atoms. The maximum Gasteiger partial charge on any atom is 0.313 e. The largest absolute Gasteiger partial charge is 0.481 e. The molecule has 84 valence electrons. The van der Waals surface area contributed by atoms with Crippen LogP contribution in [0, 0.1) is 0 Å². The van der Waals surface area contributed by atoms with E-state index in [0.29, 0.717) is 11.7 Å². The lowest BCUT2D eigenvalue weighted by Gasteiger charge is -2.04. The fourth-order valence-electron chi connectivity index (χ4n) is 1.26. The minimum absolute atomic E-state index is 0.0163. The molecule has 0 aliphatic heterocycles. The number of carboxylic acid groups (broad SMARTS) is 1. The van der Waals surface area contributed by atoms with Gasteiger partial charge in [0.1, 0.15) is 0 Å². The molecule has 1 N–H and O–H groups in total. The van der Waals surface area contributed by atoms with Gasteiger partial charge in [0.25, 0.3) is 0 Å². The van der Waals surface area contributed by atoms with Crippen molar-refractivity contribution in [2.24, 2.45) is 0 Å². The van der Waals surface area contributed by atoms with Gasteiger partial charge in [0.15, 0.2) is 5.16 Å². The molecule has 0 aromatic carbocycles. The van der Waals surface area contributed by atoms with Gasteiger partial charge < -0.3 is 14.1 Å². The molecule has 6 heteroatoms. The number of imidazole rings is 1. The molecule has 2 aromatic heterocycles. The van der Waals surface area contributed by atoms with E-state index in [1.807, 2.05) is 16.8 Å². The Morgan fingerprint density at radius 1 is 1.62 bits per heavy atom. The SMILES string of the molecule is O=C(O)CSc1nccn1Cc1ccoc1. The average molecular weight is 238 g/mol. The first-order valence-corrected chi connectivity index (χ1v) is 5.61. The lowest BCUT2D eigenvalue weighted by atomic mass is 10.3. The Morgan fingerprint density at radius 3 is 3.19 bits per heavy atom. The van der Waals surface area contributed by atoms with Gasteiger partial charge in [-0.25, -0.2) is 4.98 Å². The van der Waals surface area contributed by atoms with Crippen molar-refractivity contribution in [3.8, 4) is 0 Å². The summed E-state index contributed by atoms with van der Waals surface area (Å²) in [7, 11) is 0. The Bertz CT molecular complexity index is 464. The van der Waals surface area contributed by atoms with Crippen LogP contribution in [0.3, 0.4) is 0 Å². The first-order valence-electron chi connectivity index (χ1n) is 4.62. The number of rotatable bonds is 5. The number of hydrogen-bond donors (Lipinski definition) is 1. The van der Waals surface area contributed by atoms with Crippen LogP contribution in [0.2, 0.25) is 0 Å². The second-order valence-electron chi connectivity index (χ2n) is 3.15. The van der Waals surface area contributed by atoms with E-state index in [1.165, 1.54) is 11.8 Å². The standard InChI is InChI=1S/C10H10N2O3S/c13-9(14)7-16-10-11-2-3-12(10)5-8-1-4-15-6-8/h1-4,6H,5,7H2,(H,13,14). The second-order valence-corrected chi connectivity index (χ2v) is 4.09. The molecule has 0 aliphatic carbocycles. The van der Waals surface area contributed by atoms with Crippen molar-refractivity contribution in [1.82, 2.24) is 9.55 Å². The van der Waals surface area contributed by atoms with E-state index in [1.54, 1.807) is 18.7 Å². The van der Waals surface area contributed by atoms with Gasteiger partial charge in [0.2, 0.25) is 0 Å². The summed E-state index contributed by atoms with van der Waals surface area (Å²) in [6.07, 6.45) is 6.74. The zero-order valence-electron chi connectivity index (χ0n) is 8.37. The highest BCUT2D eigenvalue weighted by Gasteiger charge is 2.07. The maximum atomic E-state index is 10.4. The number of carboxylic acids is 1. The zero-order valence-corrected chi connectivity index (χ0v) is 9.18. The maximum absolute atomic E-state index is 10.4. The molecule has 0 fully saturated rings. The molecule has 0 aliphatic rings. The van der Waals surface area contributed by atoms with Crippen molar-refractivity contribution in [1.29, 1.82) is 0 Å². The van der Waals surface area contributed by atoms with Crippen LogP contribution in [0.4, 0.5) is 0 Å². The van der Waals surface area contributed by atoms with Crippen LogP contribution in [0.5, 0.6) is 0 Å². The van der Waals surface area contributed by atoms with Crippen LogP contribution in [0.1, 0.15) is 5.56 Å². The second kappa shape index (κ2) is 4.89. The van der Waals surface area contributed by atoms with Crippen LogP contribution in [-0.2, 0) is 11.3 Å². The van der Waals surface area contributed by atoms with Crippen molar-refractivity contribution in [3.63, 3.8) is 0 Å². The highest BCUT2D eigenvalue weighted by atomic mass is 32.2. The molecule has 5 nitrogen and oxygen atoms in total. The quantitative estimate of drug-likeness (QED) is 0.803. The fourth-order valence-corrected chi connectivity index (χ4v) is 1.94. The lowest BCUT2D eigenvalue weighted by Crippen LogP contribution is -2.03. The summed E-state index contributed by atoms with van der Waals surface area (Å²) >= 11 is 1.21. The molecule has 2 heterocycles. The van der Waals surface area contributed by atoms with Crippen LogP contribution < -0.4 is 0 Å². The lowest BCUT2D eigenvalue weighted by molar-refractivity contribution is -0.133. The highest BCUT2D eigenvalue weighted by molar-refractivity contribution is 7.99. The Hall–Kier alpha value is -1.69. The number of carbonyl (C=O) groups is 1. The van der Waals surface area contributed by atoms with E-state index in [9.17, 15) is 4.79 Å². The van der Waals surface area contributed by atoms with Crippen LogP contribution in [-0.4, -0.2) is 26.4 Å². The van der Waals surface area contributed by atoms with Crippen LogP contribution in [0.25, 0.3) is 0 Å². The van der Waals surface area contributed by atoms with Crippen molar-refractivity contribution >= 4 is 17.7 Å². The zero-order chi connectivity index (χ0) is 11.4. The molecule has 0 bridgehead atoms. The van der Waals surface area contributed by atoms with E-state index in [0.717, 1.165) is 5.56 Å². The first-order chi connectivity index (χ1) is 7.75. The molecule has 0 unspecified atom stereocenters. The summed E-state index contributed by atoms with van der Waals surface area (Å²) in [5.41, 5.74) is 1.02. The molecular formula is C10H10N2O3S. The van der Waals surface area contributed by atoms with Crippen molar-refractivity contribution in [2.75, 3.05) is 5.75 Å². The molecule has 0 atom stereocenters. The van der Waals surface area contributed by atoms with Gasteiger partial charge >= 0.3 is 5.97 Å². The first kappa shape index (κ1) is 10.8. The van der Waals surface area contributed by atoms with Crippen LogP contribution in [0.15, 0.2) is 40.6 Å². The molecule has 0 amide bonds. The number of nitrogens with zero attached hydrogens (tertiary/aromatic N) is 2. The summed E-state index contributed by atoms with van der Waals surface area (Å²) in [6.45, 7) is 0.637. The normalized spacial score (nSPS) is 10.5. The monoisotopic (exact) mass is 238 g/mol. The highest BCUT2D eigenvalue weighted by Crippen LogP contribution is 2.17. The molecule has 0 saturated heterocycles. The van der Waals surface area contributed by atoms with Gasteiger partial charge in [0.05, 0.1) is 24.8 Å². The van der Waals surface area contributed by atoms with Gasteiger partial charge in [-0.15, -0.1) is 0 Å². The number of furan rings is 1. The van der Waals surface area contributed by atoms with Gasteiger partial charge in [-0.2, -0.15) is 0 Å². The Morgan fingerprint density at radius 2 is 2.50 bits per heavy atom. The molecule has 0 radical (unpaired) electrons. The van der Waals surface area contributed by atoms with Gasteiger partial charge in [-0.1, -0.05) is 11.8 Å². The minimum atomic E-state index is -0.845. The van der Waals surface area contributed by atoms with Gasteiger partial charge in [-0.3, -0.25) is 4.79 Å². The summed E-state index contributed by atoms with van der Waals surface area (Å²) < 4.78 is 6.85. The Labute approximate surface area is 96.1 Å². The van der Waals surface area contributed by atoms with Crippen molar-refractivity contribution in [2.45, 2.75) is 11.7 Å². The predicted molar refractivity (Wildman–Crippen MR) is 58.4 cm³/mol. The third kappa shape index (κ3) is 2.66. The van der Waals surface area contributed by atoms with E-state index in [4.69, 9.17) is 9.52 Å². The van der Waals surface area contributed by atoms with Gasteiger partial charge in [-0.05, 0) is 6.07 Å². The van der Waals surface area contributed by atoms with E-state index in [2.05, 4.69) is 4.98 Å². The van der Waals surface area contributed by atoms with Crippen molar-refractivity contribution < 1.29 is 14.3 Å². The van der Waals surface area contributed by atoms with E-state index in [-0.39, 0.29) is 5.75 Å². The Balaban J connectivity index is 2.04. The number of hydrogen-bond acceptors (Lipinski definition) is 4. The summed E-state index contributed by atoms with van der Waals surface area (Å²) in [4.78, 5) is 14.6. The van der Waals surface area contributed by atoms with Gasteiger partial charge in [0, 0.05) is 18.0 Å². The molecule has 2 rings (SSSR count). The van der Waals surface area contributed by atoms with E-state index >= 15 is 0 Å². The molecular weight excluding hydrogens is 228 g/mol. The summed E-state index contributed by atoms with van der Waals surface area (Å²) in [5, 5.41) is 9.28. The van der Waals surface area contributed by atoms with Crippen LogP contribution >= 0.6 is 11.8 Å². The average Bonchev–Trinajstić information content (AvgIpc) is 2.87. The van der Waals surface area contributed by atoms with E-state index < -0.39 is 5.97 Å². The Kier molecular flexibility index (Phi) is 3.31. The number of thioether (sulfide) groups is 1. The minimum Gasteiger partial charge on any atom is -0.481 e.